The molecular weight excluding hydrogens is 258 g/mol. The molecule has 1 heterocycles. The molecule has 0 aliphatic rings. The largest absolute Gasteiger partial charge is 0.495 e. The molecule has 0 radical (unpaired) electrons. The number of hydrogen-bond acceptors (Lipinski definition) is 4. The lowest BCUT2D eigenvalue weighted by Gasteiger charge is -2.12. The molecule has 1 aromatic heterocycles. The van der Waals surface area contributed by atoms with Crippen molar-refractivity contribution in [1.29, 1.82) is 0 Å². The summed E-state index contributed by atoms with van der Waals surface area (Å²) in [5.41, 5.74) is 1.59. The van der Waals surface area contributed by atoms with E-state index in [1.54, 1.807) is 37.3 Å². The van der Waals surface area contributed by atoms with E-state index in [1.807, 2.05) is 24.3 Å². The van der Waals surface area contributed by atoms with Crippen molar-refractivity contribution in [2.24, 2.45) is 0 Å². The highest BCUT2D eigenvalue weighted by Gasteiger charge is 2.11. The van der Waals surface area contributed by atoms with Crippen molar-refractivity contribution in [2.75, 3.05) is 12.9 Å². The number of aromatic nitrogens is 1. The van der Waals surface area contributed by atoms with Crippen LogP contribution in [0.15, 0.2) is 47.6 Å². The van der Waals surface area contributed by atoms with Gasteiger partial charge in [-0.1, -0.05) is 19.1 Å². The Bertz CT molecular complexity index is 528. The Kier molecular flexibility index (Phi) is 4.82. The fourth-order valence-electron chi connectivity index (χ4n) is 1.80. The Morgan fingerprint density at radius 1 is 1.21 bits per heavy atom. The third-order valence-electron chi connectivity index (χ3n) is 2.79. The topological polar surface area (TPSA) is 42.4 Å². The van der Waals surface area contributed by atoms with Crippen LogP contribution in [0.2, 0.25) is 0 Å². The molecule has 2 aromatic rings. The summed E-state index contributed by atoms with van der Waals surface area (Å²) >= 11 is 1.78. The van der Waals surface area contributed by atoms with Crippen LogP contribution in [0, 0.1) is 0 Å². The quantitative estimate of drug-likeness (QED) is 0.850. The molecule has 1 unspecified atom stereocenters. The van der Waals surface area contributed by atoms with Gasteiger partial charge in [-0.15, -0.1) is 11.8 Å². The normalized spacial score (nSPS) is 12.2. The SMILES string of the molecule is CCSc1ccc(C(O)c2cncc(OC)c2)cc1. The lowest BCUT2D eigenvalue weighted by molar-refractivity contribution is 0.219. The molecule has 4 heteroatoms. The van der Waals surface area contributed by atoms with E-state index in [4.69, 9.17) is 4.74 Å². The van der Waals surface area contributed by atoms with Gasteiger partial charge in [0, 0.05) is 16.7 Å². The zero-order chi connectivity index (χ0) is 13.7. The van der Waals surface area contributed by atoms with Gasteiger partial charge in [0.05, 0.1) is 13.3 Å². The summed E-state index contributed by atoms with van der Waals surface area (Å²) in [4.78, 5) is 5.27. The molecule has 0 bridgehead atoms. The van der Waals surface area contributed by atoms with Gasteiger partial charge in [-0.05, 0) is 29.5 Å². The summed E-state index contributed by atoms with van der Waals surface area (Å²) in [5, 5.41) is 10.3. The van der Waals surface area contributed by atoms with Gasteiger partial charge in [0.2, 0.25) is 0 Å². The Balaban J connectivity index is 2.20. The van der Waals surface area contributed by atoms with Gasteiger partial charge in [0.25, 0.3) is 0 Å². The third-order valence-corrected chi connectivity index (χ3v) is 3.69. The van der Waals surface area contributed by atoms with Crippen LogP contribution >= 0.6 is 11.8 Å². The van der Waals surface area contributed by atoms with Crippen molar-refractivity contribution in [3.8, 4) is 5.75 Å². The number of nitrogens with zero attached hydrogens (tertiary/aromatic N) is 1. The molecule has 2 rings (SSSR count). The number of aliphatic hydroxyl groups excluding tert-OH is 1. The molecule has 0 saturated heterocycles. The molecule has 0 spiro atoms. The van der Waals surface area contributed by atoms with Crippen LogP contribution in [0.4, 0.5) is 0 Å². The molecule has 0 aliphatic heterocycles. The Morgan fingerprint density at radius 2 is 1.95 bits per heavy atom. The van der Waals surface area contributed by atoms with Gasteiger partial charge >= 0.3 is 0 Å². The predicted octanol–water partition coefficient (Wildman–Crippen LogP) is 3.28. The van der Waals surface area contributed by atoms with Crippen molar-refractivity contribution < 1.29 is 9.84 Å². The van der Waals surface area contributed by atoms with Gasteiger partial charge in [0.15, 0.2) is 0 Å². The van der Waals surface area contributed by atoms with Crippen molar-refractivity contribution in [3.05, 3.63) is 53.9 Å². The van der Waals surface area contributed by atoms with E-state index >= 15 is 0 Å². The van der Waals surface area contributed by atoms with Gasteiger partial charge in [0.1, 0.15) is 11.9 Å². The van der Waals surface area contributed by atoms with Crippen LogP contribution in [0.5, 0.6) is 5.75 Å². The van der Waals surface area contributed by atoms with Crippen molar-refractivity contribution in [2.45, 2.75) is 17.9 Å². The van der Waals surface area contributed by atoms with Crippen LogP contribution in [-0.4, -0.2) is 23.0 Å². The molecule has 0 fully saturated rings. The fourth-order valence-corrected chi connectivity index (χ4v) is 2.46. The van der Waals surface area contributed by atoms with Crippen molar-refractivity contribution in [1.82, 2.24) is 4.98 Å². The number of hydrogen-bond donors (Lipinski definition) is 1. The summed E-state index contributed by atoms with van der Waals surface area (Å²) < 4.78 is 5.11. The molecule has 19 heavy (non-hydrogen) atoms. The minimum absolute atomic E-state index is 0.648. The smallest absolute Gasteiger partial charge is 0.137 e. The van der Waals surface area contributed by atoms with Gasteiger partial charge in [-0.3, -0.25) is 4.98 Å². The molecule has 3 nitrogen and oxygen atoms in total. The summed E-state index contributed by atoms with van der Waals surface area (Å²) in [6, 6.07) is 9.75. The molecule has 100 valence electrons. The first-order chi connectivity index (χ1) is 9.24. The number of pyridine rings is 1. The summed E-state index contributed by atoms with van der Waals surface area (Å²) in [5.74, 6) is 1.69. The predicted molar refractivity (Wildman–Crippen MR) is 77.7 cm³/mol. The van der Waals surface area contributed by atoms with Gasteiger partial charge < -0.3 is 9.84 Å². The molecule has 0 aliphatic carbocycles. The molecule has 1 atom stereocenters. The second-order valence-electron chi connectivity index (χ2n) is 4.06. The van der Waals surface area contributed by atoms with Crippen LogP contribution in [0.25, 0.3) is 0 Å². The Morgan fingerprint density at radius 3 is 2.58 bits per heavy atom. The number of aliphatic hydroxyl groups is 1. The van der Waals surface area contributed by atoms with E-state index in [0.717, 1.165) is 16.9 Å². The molecule has 1 N–H and O–H groups in total. The van der Waals surface area contributed by atoms with E-state index in [1.165, 1.54) is 4.90 Å². The monoisotopic (exact) mass is 275 g/mol. The van der Waals surface area contributed by atoms with Gasteiger partial charge in [-0.2, -0.15) is 0 Å². The third kappa shape index (κ3) is 3.49. The second kappa shape index (κ2) is 6.59. The minimum Gasteiger partial charge on any atom is -0.495 e. The highest BCUT2D eigenvalue weighted by atomic mass is 32.2. The fraction of sp³-hybridized carbons (Fsp3) is 0.267. The Hall–Kier alpha value is -1.52. The summed E-state index contributed by atoms with van der Waals surface area (Å²) in [6.45, 7) is 2.12. The summed E-state index contributed by atoms with van der Waals surface area (Å²) in [7, 11) is 1.59. The maximum atomic E-state index is 10.3. The number of ether oxygens (including phenoxy) is 1. The van der Waals surface area contributed by atoms with Crippen LogP contribution in [0.1, 0.15) is 24.2 Å². The zero-order valence-electron chi connectivity index (χ0n) is 11.0. The van der Waals surface area contributed by atoms with E-state index in [2.05, 4.69) is 11.9 Å². The second-order valence-corrected chi connectivity index (χ2v) is 5.40. The maximum Gasteiger partial charge on any atom is 0.137 e. The average molecular weight is 275 g/mol. The average Bonchev–Trinajstić information content (AvgIpc) is 2.48. The van der Waals surface area contributed by atoms with Crippen LogP contribution in [0.3, 0.4) is 0 Å². The van der Waals surface area contributed by atoms with Crippen molar-refractivity contribution in [3.63, 3.8) is 0 Å². The van der Waals surface area contributed by atoms with E-state index in [9.17, 15) is 5.11 Å². The van der Waals surface area contributed by atoms with Crippen LogP contribution < -0.4 is 4.74 Å². The number of thioether (sulfide) groups is 1. The van der Waals surface area contributed by atoms with Crippen LogP contribution in [-0.2, 0) is 0 Å². The first-order valence-corrected chi connectivity index (χ1v) is 7.13. The minimum atomic E-state index is -0.678. The number of benzene rings is 1. The highest BCUT2D eigenvalue weighted by molar-refractivity contribution is 7.99. The number of rotatable bonds is 5. The van der Waals surface area contributed by atoms with E-state index in [0.29, 0.717) is 5.75 Å². The standard InChI is InChI=1S/C15H17NO2S/c1-3-19-14-6-4-11(5-7-14)15(17)12-8-13(18-2)10-16-9-12/h4-10,15,17H,3H2,1-2H3. The number of methoxy groups -OCH3 is 1. The molecule has 1 aromatic carbocycles. The van der Waals surface area contributed by atoms with E-state index < -0.39 is 6.10 Å². The molecule has 0 saturated carbocycles. The lowest BCUT2D eigenvalue weighted by atomic mass is 10.0. The molecular formula is C15H17NO2S. The van der Waals surface area contributed by atoms with Crippen molar-refractivity contribution >= 4 is 11.8 Å². The maximum absolute atomic E-state index is 10.3. The van der Waals surface area contributed by atoms with E-state index in [-0.39, 0.29) is 0 Å². The molecule has 0 amide bonds. The lowest BCUT2D eigenvalue weighted by Crippen LogP contribution is -2.00. The van der Waals surface area contributed by atoms with Gasteiger partial charge in [-0.25, -0.2) is 0 Å². The highest BCUT2D eigenvalue weighted by Crippen LogP contribution is 2.26. The first kappa shape index (κ1) is 13.9. The zero-order valence-corrected chi connectivity index (χ0v) is 11.9. The summed E-state index contributed by atoms with van der Waals surface area (Å²) in [6.07, 6.45) is 2.60. The first-order valence-electron chi connectivity index (χ1n) is 6.14. The Labute approximate surface area is 117 Å².